The second kappa shape index (κ2) is 6.05. The minimum atomic E-state index is 0.469. The van der Waals surface area contributed by atoms with Crippen molar-refractivity contribution in [1.82, 2.24) is 15.5 Å². The topological polar surface area (TPSA) is 54.2 Å². The Morgan fingerprint density at radius 1 is 1.40 bits per heavy atom. The van der Waals surface area contributed by atoms with E-state index in [-0.39, 0.29) is 0 Å². The van der Waals surface area contributed by atoms with Gasteiger partial charge in [0.2, 0.25) is 0 Å². The molecule has 0 saturated carbocycles. The smallest absolute Gasteiger partial charge is 0.151 e. The van der Waals surface area contributed by atoms with Crippen LogP contribution < -0.4 is 10.2 Å². The van der Waals surface area contributed by atoms with Gasteiger partial charge in [-0.15, -0.1) is 5.10 Å². The third kappa shape index (κ3) is 3.17. The molecule has 1 atom stereocenters. The van der Waals surface area contributed by atoms with E-state index in [0.29, 0.717) is 6.04 Å². The molecule has 0 aromatic carbocycles. The fourth-order valence-corrected chi connectivity index (χ4v) is 2.64. The maximum absolute atomic E-state index is 5.59. The van der Waals surface area contributed by atoms with Crippen molar-refractivity contribution >= 4 is 5.82 Å². The van der Waals surface area contributed by atoms with Crippen molar-refractivity contribution < 1.29 is 4.42 Å². The van der Waals surface area contributed by atoms with E-state index in [0.717, 1.165) is 37.0 Å². The van der Waals surface area contributed by atoms with Gasteiger partial charge in [0, 0.05) is 25.3 Å². The minimum absolute atomic E-state index is 0.469. The minimum Gasteiger partial charge on any atom is -0.465 e. The average Bonchev–Trinajstić information content (AvgIpc) is 2.92. The zero-order chi connectivity index (χ0) is 13.8. The van der Waals surface area contributed by atoms with Crippen molar-refractivity contribution in [3.8, 4) is 0 Å². The largest absolute Gasteiger partial charge is 0.465 e. The maximum atomic E-state index is 5.59. The molecular formula is C15H20N4O. The van der Waals surface area contributed by atoms with Gasteiger partial charge in [0.05, 0.1) is 6.54 Å². The lowest BCUT2D eigenvalue weighted by Crippen LogP contribution is -2.45. The van der Waals surface area contributed by atoms with Crippen LogP contribution in [0, 0.1) is 6.92 Å². The van der Waals surface area contributed by atoms with Gasteiger partial charge in [0.1, 0.15) is 11.5 Å². The molecule has 1 fully saturated rings. The summed E-state index contributed by atoms with van der Waals surface area (Å²) in [6.45, 7) is 4.78. The quantitative estimate of drug-likeness (QED) is 0.924. The van der Waals surface area contributed by atoms with Gasteiger partial charge in [-0.3, -0.25) is 0 Å². The summed E-state index contributed by atoms with van der Waals surface area (Å²) in [6.07, 6.45) is 4.07. The molecule has 3 heterocycles. The van der Waals surface area contributed by atoms with Crippen molar-refractivity contribution in [1.29, 1.82) is 0 Å². The molecule has 5 nitrogen and oxygen atoms in total. The molecule has 1 N–H and O–H groups in total. The van der Waals surface area contributed by atoms with E-state index in [1.54, 1.807) is 6.20 Å². The Morgan fingerprint density at radius 3 is 3.10 bits per heavy atom. The number of piperidine rings is 1. The van der Waals surface area contributed by atoms with Crippen molar-refractivity contribution in [2.45, 2.75) is 32.4 Å². The first-order valence-corrected chi connectivity index (χ1v) is 7.12. The molecule has 1 aliphatic heterocycles. The van der Waals surface area contributed by atoms with E-state index in [1.807, 2.05) is 31.2 Å². The molecule has 3 rings (SSSR count). The number of aryl methyl sites for hydroxylation is 1. The number of furan rings is 1. The third-order valence-electron chi connectivity index (χ3n) is 3.66. The van der Waals surface area contributed by atoms with E-state index < -0.39 is 0 Å². The molecule has 0 amide bonds. The van der Waals surface area contributed by atoms with E-state index in [9.17, 15) is 0 Å². The third-order valence-corrected chi connectivity index (χ3v) is 3.66. The number of nitrogens with one attached hydrogen (secondary N) is 1. The molecule has 5 heteroatoms. The molecule has 20 heavy (non-hydrogen) atoms. The molecular weight excluding hydrogens is 252 g/mol. The first-order chi connectivity index (χ1) is 9.81. The fraction of sp³-hybridized carbons (Fsp3) is 0.467. The Balaban J connectivity index is 1.55. The molecule has 0 radical (unpaired) electrons. The van der Waals surface area contributed by atoms with E-state index in [1.165, 1.54) is 12.8 Å². The Bertz CT molecular complexity index is 540. The van der Waals surface area contributed by atoms with Crippen molar-refractivity contribution in [2.24, 2.45) is 0 Å². The highest BCUT2D eigenvalue weighted by Crippen LogP contribution is 2.17. The van der Waals surface area contributed by atoms with Crippen LogP contribution in [0.4, 0.5) is 5.82 Å². The summed E-state index contributed by atoms with van der Waals surface area (Å²) < 4.78 is 5.59. The van der Waals surface area contributed by atoms with Crippen LogP contribution in [-0.4, -0.2) is 29.3 Å². The zero-order valence-electron chi connectivity index (χ0n) is 11.7. The maximum Gasteiger partial charge on any atom is 0.151 e. The number of anilines is 1. The fourth-order valence-electron chi connectivity index (χ4n) is 2.64. The van der Waals surface area contributed by atoms with Crippen LogP contribution in [0.2, 0.25) is 0 Å². The van der Waals surface area contributed by atoms with Crippen molar-refractivity contribution in [3.63, 3.8) is 0 Å². The Hall–Kier alpha value is -1.88. The zero-order valence-corrected chi connectivity index (χ0v) is 11.7. The standard InChI is InChI=1S/C15H20N4O/c1-12-6-7-14(20-12)10-16-13-4-3-9-19(11-13)15-5-2-8-17-18-15/h2,5-8,13,16H,3-4,9-11H2,1H3. The van der Waals surface area contributed by atoms with Gasteiger partial charge < -0.3 is 14.6 Å². The number of rotatable bonds is 4. The van der Waals surface area contributed by atoms with Gasteiger partial charge in [-0.25, -0.2) is 0 Å². The van der Waals surface area contributed by atoms with Crippen LogP contribution in [0.3, 0.4) is 0 Å². The molecule has 0 spiro atoms. The lowest BCUT2D eigenvalue weighted by Gasteiger charge is -2.33. The van der Waals surface area contributed by atoms with Crippen LogP contribution in [0.1, 0.15) is 24.4 Å². The highest BCUT2D eigenvalue weighted by molar-refractivity contribution is 5.37. The summed E-state index contributed by atoms with van der Waals surface area (Å²) in [4.78, 5) is 2.29. The number of nitrogens with zero attached hydrogens (tertiary/aromatic N) is 3. The van der Waals surface area contributed by atoms with Crippen molar-refractivity contribution in [2.75, 3.05) is 18.0 Å². The molecule has 106 valence electrons. The van der Waals surface area contributed by atoms with Crippen molar-refractivity contribution in [3.05, 3.63) is 42.0 Å². The molecule has 0 bridgehead atoms. The van der Waals surface area contributed by atoms with Gasteiger partial charge in [-0.1, -0.05) is 0 Å². The average molecular weight is 272 g/mol. The van der Waals surface area contributed by atoms with E-state index in [2.05, 4.69) is 20.4 Å². The molecule has 1 unspecified atom stereocenters. The summed E-state index contributed by atoms with van der Waals surface area (Å²) in [7, 11) is 0. The summed E-state index contributed by atoms with van der Waals surface area (Å²) in [6, 6.07) is 8.46. The number of hydrogen-bond donors (Lipinski definition) is 1. The molecule has 2 aromatic rings. The van der Waals surface area contributed by atoms with Gasteiger partial charge >= 0.3 is 0 Å². The summed E-state index contributed by atoms with van der Waals surface area (Å²) >= 11 is 0. The number of aromatic nitrogens is 2. The Labute approximate surface area is 119 Å². The Morgan fingerprint density at radius 2 is 2.35 bits per heavy atom. The normalized spacial score (nSPS) is 19.2. The highest BCUT2D eigenvalue weighted by atomic mass is 16.3. The van der Waals surface area contributed by atoms with Crippen LogP contribution in [-0.2, 0) is 6.54 Å². The monoisotopic (exact) mass is 272 g/mol. The molecule has 1 aliphatic rings. The van der Waals surface area contributed by atoms with Crippen LogP contribution in [0.25, 0.3) is 0 Å². The lowest BCUT2D eigenvalue weighted by molar-refractivity contribution is 0.389. The van der Waals surface area contributed by atoms with Gasteiger partial charge in [0.15, 0.2) is 5.82 Å². The predicted molar refractivity (Wildman–Crippen MR) is 77.6 cm³/mol. The molecule has 2 aromatic heterocycles. The predicted octanol–water partition coefficient (Wildman–Crippen LogP) is 2.14. The van der Waals surface area contributed by atoms with Crippen LogP contribution in [0.15, 0.2) is 34.9 Å². The summed E-state index contributed by atoms with van der Waals surface area (Å²) in [5, 5.41) is 11.7. The SMILES string of the molecule is Cc1ccc(CNC2CCCN(c3cccnn3)C2)o1. The first kappa shape index (κ1) is 13.1. The van der Waals surface area contributed by atoms with Gasteiger partial charge in [-0.05, 0) is 44.0 Å². The highest BCUT2D eigenvalue weighted by Gasteiger charge is 2.20. The van der Waals surface area contributed by atoms with Crippen LogP contribution in [0.5, 0.6) is 0 Å². The Kier molecular flexibility index (Phi) is 3.97. The van der Waals surface area contributed by atoms with Crippen LogP contribution >= 0.6 is 0 Å². The number of hydrogen-bond acceptors (Lipinski definition) is 5. The van der Waals surface area contributed by atoms with E-state index >= 15 is 0 Å². The second-order valence-corrected chi connectivity index (χ2v) is 5.26. The van der Waals surface area contributed by atoms with Gasteiger partial charge in [0.25, 0.3) is 0 Å². The lowest BCUT2D eigenvalue weighted by atomic mass is 10.1. The molecule has 1 saturated heterocycles. The first-order valence-electron chi connectivity index (χ1n) is 7.12. The van der Waals surface area contributed by atoms with E-state index in [4.69, 9.17) is 4.42 Å². The molecule has 0 aliphatic carbocycles. The summed E-state index contributed by atoms with van der Waals surface area (Å²) in [5.41, 5.74) is 0. The van der Waals surface area contributed by atoms with Gasteiger partial charge in [-0.2, -0.15) is 5.10 Å². The summed E-state index contributed by atoms with van der Waals surface area (Å²) in [5.74, 6) is 2.93. The second-order valence-electron chi connectivity index (χ2n) is 5.26.